The Labute approximate surface area is 193 Å². The Balaban J connectivity index is 1.71. The van der Waals surface area contributed by atoms with Gasteiger partial charge in [0.05, 0.1) is 22.9 Å². The summed E-state index contributed by atoms with van der Waals surface area (Å²) in [6, 6.07) is 11.8. The second kappa shape index (κ2) is 8.15. The molecular weight excluding hydrogens is 453 g/mol. The first kappa shape index (κ1) is 22.7. The molecule has 6 nitrogen and oxygen atoms in total. The van der Waals surface area contributed by atoms with E-state index in [9.17, 15) is 23.1 Å². The van der Waals surface area contributed by atoms with Crippen LogP contribution in [0.25, 0.3) is 0 Å². The van der Waals surface area contributed by atoms with Gasteiger partial charge in [0, 0.05) is 5.69 Å². The molecule has 0 bridgehead atoms. The smallest absolute Gasteiger partial charge is 0.417 e. The number of anilines is 2. The van der Waals surface area contributed by atoms with Crippen molar-refractivity contribution in [3.63, 3.8) is 0 Å². The van der Waals surface area contributed by atoms with Crippen molar-refractivity contribution in [2.24, 2.45) is 0 Å². The van der Waals surface area contributed by atoms with Gasteiger partial charge in [-0.15, -0.1) is 0 Å². The lowest BCUT2D eigenvalue weighted by Crippen LogP contribution is -2.55. The zero-order chi connectivity index (χ0) is 24.0. The molecule has 4 rings (SSSR count). The van der Waals surface area contributed by atoms with Crippen molar-refractivity contribution in [2.75, 3.05) is 9.80 Å². The lowest BCUT2D eigenvalue weighted by atomic mass is 9.75. The Morgan fingerprint density at radius 3 is 2.33 bits per heavy atom. The first-order valence-electron chi connectivity index (χ1n) is 10.2. The average Bonchev–Trinajstić information content (AvgIpc) is 2.98. The second-order valence-corrected chi connectivity index (χ2v) is 8.44. The highest BCUT2D eigenvalue weighted by Crippen LogP contribution is 2.48. The van der Waals surface area contributed by atoms with E-state index in [0.717, 1.165) is 29.0 Å². The van der Waals surface area contributed by atoms with Crippen LogP contribution in [0.4, 0.5) is 24.5 Å². The third-order valence-corrected chi connectivity index (χ3v) is 6.48. The third-order valence-electron chi connectivity index (χ3n) is 6.11. The van der Waals surface area contributed by atoms with Gasteiger partial charge in [-0.05, 0) is 86.1 Å². The fourth-order valence-electron chi connectivity index (χ4n) is 4.28. The van der Waals surface area contributed by atoms with Gasteiger partial charge < -0.3 is 15.4 Å². The first-order valence-corrected chi connectivity index (χ1v) is 10.6. The minimum absolute atomic E-state index is 0.0318. The van der Waals surface area contributed by atoms with Crippen LogP contribution in [-0.4, -0.2) is 22.5 Å². The van der Waals surface area contributed by atoms with Crippen LogP contribution in [0.15, 0.2) is 42.5 Å². The van der Waals surface area contributed by atoms with Crippen LogP contribution in [0.3, 0.4) is 0 Å². The highest BCUT2D eigenvalue weighted by Gasteiger charge is 2.59. The molecule has 2 fully saturated rings. The summed E-state index contributed by atoms with van der Waals surface area (Å²) in [4.78, 5) is 16.3. The van der Waals surface area contributed by atoms with E-state index >= 15 is 0 Å². The number of nitrogens with zero attached hydrogens (tertiary/aromatic N) is 3. The van der Waals surface area contributed by atoms with Crippen molar-refractivity contribution < 1.29 is 23.1 Å². The maximum absolute atomic E-state index is 13.5. The number of rotatable bonds is 5. The molecule has 0 radical (unpaired) electrons. The van der Waals surface area contributed by atoms with Crippen LogP contribution in [0.1, 0.15) is 42.4 Å². The van der Waals surface area contributed by atoms with E-state index in [-0.39, 0.29) is 23.1 Å². The van der Waals surface area contributed by atoms with E-state index in [2.05, 4.69) is 0 Å². The number of nitrogens with one attached hydrogen (secondary N) is 1. The molecular formula is C23H18F3N4O2S-. The zero-order valence-electron chi connectivity index (χ0n) is 17.3. The number of hydrogen-bond acceptors (Lipinski definition) is 5. The number of carbonyl (C=O) groups excluding carboxylic acids is 1. The Morgan fingerprint density at radius 1 is 1.18 bits per heavy atom. The topological polar surface area (TPSA) is 94.2 Å². The molecule has 1 N–H and O–H groups in total. The summed E-state index contributed by atoms with van der Waals surface area (Å²) < 4.78 is 40.5. The van der Waals surface area contributed by atoms with Crippen molar-refractivity contribution in [1.82, 2.24) is 0 Å². The van der Waals surface area contributed by atoms with Gasteiger partial charge in [-0.3, -0.25) is 9.69 Å². The fraction of sp³-hybridized carbons (Fsp3) is 0.304. The molecule has 0 aromatic heterocycles. The molecule has 1 saturated carbocycles. The van der Waals surface area contributed by atoms with Crippen molar-refractivity contribution in [3.05, 3.63) is 59.2 Å². The van der Waals surface area contributed by atoms with E-state index in [4.69, 9.17) is 22.9 Å². The number of amides is 1. The van der Waals surface area contributed by atoms with Crippen molar-refractivity contribution in [3.8, 4) is 6.07 Å². The van der Waals surface area contributed by atoms with Gasteiger partial charge in [-0.1, -0.05) is 12.1 Å². The number of alkyl halides is 3. The number of nitriles is 1. The molecule has 2 aromatic rings. The Hall–Kier alpha value is -3.45. The van der Waals surface area contributed by atoms with Gasteiger partial charge in [0.2, 0.25) is 0 Å². The largest absolute Gasteiger partial charge is 0.862 e. The minimum atomic E-state index is -4.75. The van der Waals surface area contributed by atoms with Crippen LogP contribution in [-0.2, 0) is 17.4 Å². The van der Waals surface area contributed by atoms with Crippen molar-refractivity contribution >= 4 is 40.5 Å². The van der Waals surface area contributed by atoms with Crippen LogP contribution in [0, 0.1) is 16.7 Å². The van der Waals surface area contributed by atoms with Crippen LogP contribution < -0.4 is 14.9 Å². The molecule has 10 heteroatoms. The Morgan fingerprint density at radius 2 is 1.82 bits per heavy atom. The molecule has 1 saturated heterocycles. The molecule has 1 aliphatic carbocycles. The van der Waals surface area contributed by atoms with Crippen molar-refractivity contribution in [1.29, 1.82) is 10.7 Å². The molecule has 33 heavy (non-hydrogen) atoms. The fourth-order valence-corrected chi connectivity index (χ4v) is 4.75. The van der Waals surface area contributed by atoms with Crippen LogP contribution >= 0.6 is 12.2 Å². The second-order valence-electron chi connectivity index (χ2n) is 8.07. The van der Waals surface area contributed by atoms with Gasteiger partial charge in [-0.25, -0.2) is 0 Å². The van der Waals surface area contributed by atoms with E-state index in [1.54, 1.807) is 29.2 Å². The zero-order valence-corrected chi connectivity index (χ0v) is 18.1. The van der Waals surface area contributed by atoms with E-state index in [1.807, 2.05) is 0 Å². The molecule has 2 aromatic carbocycles. The van der Waals surface area contributed by atoms with Gasteiger partial charge in [0.15, 0.2) is 5.11 Å². The summed E-state index contributed by atoms with van der Waals surface area (Å²) in [5.74, 6) is -1.05. The summed E-state index contributed by atoms with van der Waals surface area (Å²) in [6.07, 6.45) is -2.44. The number of thiocarbonyl (C=S) groups is 1. The Bertz CT molecular complexity index is 1180. The van der Waals surface area contributed by atoms with Gasteiger partial charge >= 0.3 is 6.18 Å². The SMILES string of the molecule is N#Cc1ccc(N2C(=O)C3(CCC3)N(c3ccc(CCC(=N)[O-])cc3)C2=S)cc1C(F)(F)F. The predicted molar refractivity (Wildman–Crippen MR) is 118 cm³/mol. The molecule has 1 aliphatic heterocycles. The molecule has 1 heterocycles. The maximum atomic E-state index is 13.5. The number of carbonyl (C=O) groups is 1. The molecule has 0 unspecified atom stereocenters. The standard InChI is InChI=1S/C23H19F3N4O2S/c24-23(25,26)18-12-17(8-5-15(18)13-27)29-20(32)22(10-1-11-22)30(21(29)33)16-6-2-14(3-7-16)4-9-19(28)31/h2-3,5-8,12H,1,4,9-11H2,(H2,28,31)/p-1. The third kappa shape index (κ3) is 3.82. The lowest BCUT2D eigenvalue weighted by molar-refractivity contribution is -0.220. The number of benzene rings is 2. The monoisotopic (exact) mass is 471 g/mol. The van der Waals surface area contributed by atoms with Crippen molar-refractivity contribution in [2.45, 2.75) is 43.8 Å². The van der Waals surface area contributed by atoms with E-state index in [0.29, 0.717) is 24.9 Å². The van der Waals surface area contributed by atoms with E-state index in [1.165, 1.54) is 12.1 Å². The number of aryl methyl sites for hydroxylation is 1. The normalized spacial score (nSPS) is 17.3. The highest BCUT2D eigenvalue weighted by molar-refractivity contribution is 7.81. The van der Waals surface area contributed by atoms with Gasteiger partial charge in [0.25, 0.3) is 5.91 Å². The van der Waals surface area contributed by atoms with E-state index < -0.39 is 28.7 Å². The molecule has 0 atom stereocenters. The summed E-state index contributed by atoms with van der Waals surface area (Å²) in [5.41, 5.74) is -1.16. The van der Waals surface area contributed by atoms with Crippen LogP contribution in [0.5, 0.6) is 0 Å². The predicted octanol–water partition coefficient (Wildman–Crippen LogP) is 3.91. The molecule has 170 valence electrons. The van der Waals surface area contributed by atoms with Gasteiger partial charge in [-0.2, -0.15) is 18.4 Å². The minimum Gasteiger partial charge on any atom is -0.862 e. The first-order chi connectivity index (χ1) is 15.6. The molecule has 1 spiro atoms. The number of halogens is 3. The van der Waals surface area contributed by atoms with Crippen LogP contribution in [0.2, 0.25) is 0 Å². The Kier molecular flexibility index (Phi) is 5.62. The number of hydrogen-bond donors (Lipinski definition) is 1. The summed E-state index contributed by atoms with van der Waals surface area (Å²) in [5, 5.41) is 27.1. The lowest BCUT2D eigenvalue weighted by Gasteiger charge is -2.43. The maximum Gasteiger partial charge on any atom is 0.417 e. The summed E-state index contributed by atoms with van der Waals surface area (Å²) in [7, 11) is 0. The summed E-state index contributed by atoms with van der Waals surface area (Å²) in [6.45, 7) is 0. The van der Waals surface area contributed by atoms with Gasteiger partial charge in [0.1, 0.15) is 5.54 Å². The molecule has 2 aliphatic rings. The summed E-state index contributed by atoms with van der Waals surface area (Å²) >= 11 is 5.58. The molecule has 1 amide bonds. The quantitative estimate of drug-likeness (QED) is 0.405. The highest BCUT2D eigenvalue weighted by atomic mass is 32.1. The average molecular weight is 471 g/mol.